The van der Waals surface area contributed by atoms with Gasteiger partial charge in [-0.2, -0.15) is 0 Å². The molecule has 0 bridgehead atoms. The number of nitrogens with zero attached hydrogens (tertiary/aromatic N) is 2. The maximum Gasteiger partial charge on any atom is 0.243 e. The molecule has 0 heterocycles. The van der Waals surface area contributed by atoms with Crippen molar-refractivity contribution in [2.75, 3.05) is 33.8 Å². The van der Waals surface area contributed by atoms with Crippen molar-refractivity contribution >= 4 is 11.9 Å². The van der Waals surface area contributed by atoms with Crippen LogP contribution in [-0.2, 0) is 4.79 Å². The van der Waals surface area contributed by atoms with Crippen LogP contribution in [0.3, 0.4) is 0 Å². The number of benzene rings is 1. The number of hydrogen-bond donors (Lipinski definition) is 2. The number of amides is 1. The van der Waals surface area contributed by atoms with Crippen LogP contribution in [-0.4, -0.2) is 56.6 Å². The van der Waals surface area contributed by atoms with E-state index in [1.54, 1.807) is 14.1 Å². The van der Waals surface area contributed by atoms with Gasteiger partial charge in [-0.3, -0.25) is 4.79 Å². The highest BCUT2D eigenvalue weighted by molar-refractivity contribution is 5.84. The second-order valence-corrected chi connectivity index (χ2v) is 6.43. The van der Waals surface area contributed by atoms with E-state index in [0.29, 0.717) is 18.5 Å². The Labute approximate surface area is 152 Å². The Bertz CT molecular complexity index is 632. The number of guanidine groups is 1. The lowest BCUT2D eigenvalue weighted by molar-refractivity contribution is -0.127. The highest BCUT2D eigenvalue weighted by atomic mass is 19.1. The third kappa shape index (κ3) is 6.50. The first-order valence-electron chi connectivity index (χ1n) is 8.78. The molecule has 2 N–H and O–H groups in total. The predicted octanol–water partition coefficient (Wildman–Crippen LogP) is 1.91. The summed E-state index contributed by atoms with van der Waals surface area (Å²) in [5, 5.41) is 6.41. The van der Waals surface area contributed by atoms with Crippen molar-refractivity contribution in [2.24, 2.45) is 4.99 Å². The van der Waals surface area contributed by atoms with E-state index in [1.165, 1.54) is 23.8 Å². The van der Waals surface area contributed by atoms with Crippen molar-refractivity contribution in [3.8, 4) is 5.75 Å². The molecule has 1 fully saturated rings. The van der Waals surface area contributed by atoms with Crippen molar-refractivity contribution in [2.45, 2.75) is 31.7 Å². The lowest BCUT2D eigenvalue weighted by Crippen LogP contribution is -2.44. The molecule has 0 saturated heterocycles. The molecule has 26 heavy (non-hydrogen) atoms. The molecule has 1 aromatic rings. The van der Waals surface area contributed by atoms with Gasteiger partial charge >= 0.3 is 0 Å². The summed E-state index contributed by atoms with van der Waals surface area (Å²) < 4.78 is 31.7. The van der Waals surface area contributed by atoms with Gasteiger partial charge in [0.1, 0.15) is 19.0 Å². The fraction of sp³-hybridized carbons (Fsp3) is 0.556. The molecule has 0 aliphatic heterocycles. The highest BCUT2D eigenvalue weighted by Crippen LogP contribution is 2.18. The number of nitrogens with one attached hydrogen (secondary N) is 2. The molecule has 1 amide bonds. The summed E-state index contributed by atoms with van der Waals surface area (Å²) in [6.45, 7) is 0.587. The number of carbonyl (C=O) groups is 1. The average molecular weight is 368 g/mol. The number of likely N-dealkylation sites (N-methyl/N-ethyl adjacent to an activating group) is 1. The van der Waals surface area contributed by atoms with Crippen LogP contribution in [0.15, 0.2) is 23.2 Å². The van der Waals surface area contributed by atoms with Gasteiger partial charge in [-0.15, -0.1) is 0 Å². The lowest BCUT2D eigenvalue weighted by Gasteiger charge is -2.18. The SMILES string of the molecule is CN(C)C(=O)CN=C(NCCOc1ccc(F)cc1F)NC1CCCC1. The quantitative estimate of drug-likeness (QED) is 0.438. The van der Waals surface area contributed by atoms with Gasteiger partial charge in [-0.25, -0.2) is 13.8 Å². The number of carbonyl (C=O) groups excluding carboxylic acids is 1. The molecule has 1 aliphatic rings. The number of rotatable bonds is 7. The van der Waals surface area contributed by atoms with Crippen molar-refractivity contribution in [1.82, 2.24) is 15.5 Å². The van der Waals surface area contributed by atoms with Gasteiger partial charge in [-0.1, -0.05) is 12.8 Å². The van der Waals surface area contributed by atoms with Gasteiger partial charge in [0.05, 0.1) is 6.54 Å². The van der Waals surface area contributed by atoms with Crippen LogP contribution in [0.4, 0.5) is 8.78 Å². The first-order valence-corrected chi connectivity index (χ1v) is 8.78. The molecule has 0 radical (unpaired) electrons. The summed E-state index contributed by atoms with van der Waals surface area (Å²) in [7, 11) is 3.36. The van der Waals surface area contributed by atoms with Gasteiger partial charge in [0.15, 0.2) is 17.5 Å². The molecule has 2 rings (SSSR count). The fourth-order valence-electron chi connectivity index (χ4n) is 2.63. The summed E-state index contributed by atoms with van der Waals surface area (Å²) in [6.07, 6.45) is 4.49. The molecule has 1 saturated carbocycles. The minimum Gasteiger partial charge on any atom is -0.489 e. The van der Waals surface area contributed by atoms with Crippen LogP contribution in [0.5, 0.6) is 5.75 Å². The monoisotopic (exact) mass is 368 g/mol. The van der Waals surface area contributed by atoms with Crippen molar-refractivity contribution in [1.29, 1.82) is 0 Å². The second kappa shape index (κ2) is 9.94. The molecule has 1 aliphatic carbocycles. The maximum absolute atomic E-state index is 13.5. The minimum atomic E-state index is -0.737. The van der Waals surface area contributed by atoms with Gasteiger partial charge < -0.3 is 20.3 Å². The van der Waals surface area contributed by atoms with E-state index in [-0.39, 0.29) is 24.8 Å². The number of aliphatic imine (C=N–C) groups is 1. The summed E-state index contributed by atoms with van der Waals surface area (Å²) in [5.74, 6) is -0.941. The summed E-state index contributed by atoms with van der Waals surface area (Å²) in [4.78, 5) is 17.5. The zero-order valence-corrected chi connectivity index (χ0v) is 15.2. The van der Waals surface area contributed by atoms with Gasteiger partial charge in [0.25, 0.3) is 0 Å². The van der Waals surface area contributed by atoms with Crippen molar-refractivity contribution < 1.29 is 18.3 Å². The van der Waals surface area contributed by atoms with Crippen LogP contribution in [0.1, 0.15) is 25.7 Å². The largest absolute Gasteiger partial charge is 0.489 e. The van der Waals surface area contributed by atoms with Crippen LogP contribution in [0.2, 0.25) is 0 Å². The minimum absolute atomic E-state index is 0.00164. The molecule has 6 nitrogen and oxygen atoms in total. The first-order chi connectivity index (χ1) is 12.5. The normalized spacial score (nSPS) is 15.0. The van der Waals surface area contributed by atoms with E-state index in [2.05, 4.69) is 15.6 Å². The molecule has 8 heteroatoms. The number of halogens is 2. The Hall–Kier alpha value is -2.38. The van der Waals surface area contributed by atoms with Crippen LogP contribution < -0.4 is 15.4 Å². The van der Waals surface area contributed by atoms with E-state index in [1.807, 2.05) is 0 Å². The van der Waals surface area contributed by atoms with Gasteiger partial charge in [0, 0.05) is 26.2 Å². The molecule has 0 spiro atoms. The zero-order chi connectivity index (χ0) is 18.9. The number of hydrogen-bond acceptors (Lipinski definition) is 3. The third-order valence-corrected chi connectivity index (χ3v) is 4.11. The Morgan fingerprint density at radius 1 is 1.31 bits per heavy atom. The second-order valence-electron chi connectivity index (χ2n) is 6.43. The van der Waals surface area contributed by atoms with Crippen molar-refractivity contribution in [3.05, 3.63) is 29.8 Å². The molecular formula is C18H26F2N4O2. The Kier molecular flexibility index (Phi) is 7.62. The average Bonchev–Trinajstić information content (AvgIpc) is 3.10. The van der Waals surface area contributed by atoms with E-state index >= 15 is 0 Å². The zero-order valence-electron chi connectivity index (χ0n) is 15.2. The van der Waals surface area contributed by atoms with Crippen LogP contribution in [0, 0.1) is 11.6 Å². The Balaban J connectivity index is 1.84. The summed E-state index contributed by atoms with van der Waals surface area (Å²) in [5.41, 5.74) is 0. The van der Waals surface area contributed by atoms with E-state index in [0.717, 1.165) is 25.0 Å². The summed E-state index contributed by atoms with van der Waals surface area (Å²) in [6, 6.07) is 3.52. The molecule has 0 unspecified atom stereocenters. The van der Waals surface area contributed by atoms with Crippen molar-refractivity contribution in [3.63, 3.8) is 0 Å². The highest BCUT2D eigenvalue weighted by Gasteiger charge is 2.16. The first kappa shape index (κ1) is 19.9. The van der Waals surface area contributed by atoms with Gasteiger partial charge in [-0.05, 0) is 25.0 Å². The molecule has 144 valence electrons. The van der Waals surface area contributed by atoms with Crippen LogP contribution >= 0.6 is 0 Å². The number of ether oxygens (including phenoxy) is 1. The van der Waals surface area contributed by atoms with E-state index in [9.17, 15) is 13.6 Å². The topological polar surface area (TPSA) is 66.0 Å². The van der Waals surface area contributed by atoms with E-state index in [4.69, 9.17) is 4.74 Å². The van der Waals surface area contributed by atoms with Gasteiger partial charge in [0.2, 0.25) is 5.91 Å². The molecule has 0 aromatic heterocycles. The fourth-order valence-corrected chi connectivity index (χ4v) is 2.63. The smallest absolute Gasteiger partial charge is 0.243 e. The summed E-state index contributed by atoms with van der Waals surface area (Å²) >= 11 is 0. The predicted molar refractivity (Wildman–Crippen MR) is 96.2 cm³/mol. The maximum atomic E-state index is 13.5. The molecule has 0 atom stereocenters. The Morgan fingerprint density at radius 2 is 2.04 bits per heavy atom. The lowest BCUT2D eigenvalue weighted by atomic mass is 10.2. The van der Waals surface area contributed by atoms with E-state index < -0.39 is 11.6 Å². The van der Waals surface area contributed by atoms with Crippen LogP contribution in [0.25, 0.3) is 0 Å². The standard InChI is InChI=1S/C18H26F2N4O2/c1-24(2)17(25)12-22-18(23-14-5-3-4-6-14)21-9-10-26-16-8-7-13(19)11-15(16)20/h7-8,11,14H,3-6,9-10,12H2,1-2H3,(H2,21,22,23). The molecule has 1 aromatic carbocycles. The third-order valence-electron chi connectivity index (χ3n) is 4.11. The molecular weight excluding hydrogens is 342 g/mol. The Morgan fingerprint density at radius 3 is 2.69 bits per heavy atom.